The summed E-state index contributed by atoms with van der Waals surface area (Å²) in [7, 11) is -3.89. The first-order chi connectivity index (χ1) is 12.9. The molecule has 1 aromatic carbocycles. The molecule has 1 aliphatic carbocycles. The van der Waals surface area contributed by atoms with E-state index in [-0.39, 0.29) is 35.4 Å². The van der Waals surface area contributed by atoms with Gasteiger partial charge in [0.15, 0.2) is 0 Å². The molecule has 0 bridgehead atoms. The van der Waals surface area contributed by atoms with Crippen molar-refractivity contribution in [2.45, 2.75) is 43.4 Å². The molecule has 0 atom stereocenters. The Hall–Kier alpha value is -1.93. The van der Waals surface area contributed by atoms with E-state index >= 15 is 0 Å². The summed E-state index contributed by atoms with van der Waals surface area (Å²) in [5, 5.41) is 12.3. The molecule has 2 N–H and O–H groups in total. The summed E-state index contributed by atoms with van der Waals surface area (Å²) in [6.07, 6.45) is 5.69. The average molecular weight is 394 g/mol. The van der Waals surface area contributed by atoms with Crippen LogP contribution in [0.2, 0.25) is 0 Å². The van der Waals surface area contributed by atoms with Gasteiger partial charge in [-0.15, -0.1) is 0 Å². The third-order valence-electron chi connectivity index (χ3n) is 5.60. The summed E-state index contributed by atoms with van der Waals surface area (Å²) in [6, 6.07) is 5.63. The van der Waals surface area contributed by atoms with Gasteiger partial charge in [-0.25, -0.2) is 13.2 Å². The van der Waals surface area contributed by atoms with Crippen LogP contribution < -0.4 is 5.32 Å². The molecule has 0 aromatic heterocycles. The Labute approximate surface area is 159 Å². The van der Waals surface area contributed by atoms with Crippen molar-refractivity contribution >= 4 is 21.9 Å². The van der Waals surface area contributed by atoms with Crippen molar-refractivity contribution < 1.29 is 23.1 Å². The zero-order valence-corrected chi connectivity index (χ0v) is 16.1. The molecule has 0 unspecified atom stereocenters. The molecular weight excluding hydrogens is 368 g/mol. The monoisotopic (exact) mass is 394 g/mol. The first kappa shape index (κ1) is 19.8. The zero-order chi connectivity index (χ0) is 19.4. The van der Waals surface area contributed by atoms with E-state index in [1.807, 2.05) is 0 Å². The molecule has 2 fully saturated rings. The van der Waals surface area contributed by atoms with Crippen molar-refractivity contribution in [1.82, 2.24) is 9.62 Å². The maximum atomic E-state index is 12.9. The van der Waals surface area contributed by atoms with E-state index in [1.165, 1.54) is 54.3 Å². The van der Waals surface area contributed by atoms with Crippen LogP contribution in [0.3, 0.4) is 0 Å². The summed E-state index contributed by atoms with van der Waals surface area (Å²) in [5.74, 6) is -0.880. The van der Waals surface area contributed by atoms with Gasteiger partial charge < -0.3 is 10.4 Å². The third kappa shape index (κ3) is 4.50. The van der Waals surface area contributed by atoms with Crippen LogP contribution in [0.1, 0.15) is 48.9 Å². The third-order valence-corrected chi connectivity index (χ3v) is 7.56. The van der Waals surface area contributed by atoms with E-state index in [4.69, 9.17) is 0 Å². The Balaban J connectivity index is 1.59. The van der Waals surface area contributed by atoms with Crippen LogP contribution in [0.25, 0.3) is 0 Å². The second-order valence-corrected chi connectivity index (χ2v) is 9.28. The van der Waals surface area contributed by atoms with Crippen LogP contribution in [0.5, 0.6) is 0 Å². The standard InChI is InChI=1S/C19H26N2O5S/c22-18(20-13-14-5-1-2-6-14)15-9-11-21(12-10-15)27(25,26)17-8-4-3-7-16(17)19(23)24/h3-4,7-8,14-15H,1-2,5-6,9-13H2,(H,20,22)(H,23,24). The maximum absolute atomic E-state index is 12.9. The SMILES string of the molecule is O=C(O)c1ccccc1S(=O)(=O)N1CCC(C(=O)NCC2CCCC2)CC1. The molecule has 1 aromatic rings. The fourth-order valence-corrected chi connectivity index (χ4v) is 5.62. The number of benzene rings is 1. The fraction of sp³-hybridized carbons (Fsp3) is 0.579. The molecule has 0 radical (unpaired) electrons. The van der Waals surface area contributed by atoms with Gasteiger partial charge in [0.25, 0.3) is 0 Å². The molecule has 1 saturated carbocycles. The summed E-state index contributed by atoms with van der Waals surface area (Å²) in [4.78, 5) is 23.5. The largest absolute Gasteiger partial charge is 0.478 e. The van der Waals surface area contributed by atoms with Gasteiger partial charge in [-0.2, -0.15) is 4.31 Å². The topological polar surface area (TPSA) is 104 Å². The van der Waals surface area contributed by atoms with Gasteiger partial charge in [-0.1, -0.05) is 25.0 Å². The Kier molecular flexibility index (Phi) is 6.16. The van der Waals surface area contributed by atoms with Crippen LogP contribution >= 0.6 is 0 Å². The number of nitrogens with zero attached hydrogens (tertiary/aromatic N) is 1. The Morgan fingerprint density at radius 1 is 1.07 bits per heavy atom. The average Bonchev–Trinajstić information content (AvgIpc) is 3.20. The van der Waals surface area contributed by atoms with Crippen molar-refractivity contribution in [3.63, 3.8) is 0 Å². The van der Waals surface area contributed by atoms with E-state index in [0.29, 0.717) is 25.3 Å². The van der Waals surface area contributed by atoms with Crippen LogP contribution in [-0.2, 0) is 14.8 Å². The number of carbonyl (C=O) groups excluding carboxylic acids is 1. The number of carboxylic acid groups (broad SMARTS) is 1. The maximum Gasteiger partial charge on any atom is 0.337 e. The predicted octanol–water partition coefficient (Wildman–Crippen LogP) is 2.09. The lowest BCUT2D eigenvalue weighted by Crippen LogP contribution is -2.43. The summed E-state index contributed by atoms with van der Waals surface area (Å²) >= 11 is 0. The van der Waals surface area contributed by atoms with E-state index < -0.39 is 16.0 Å². The number of aromatic carboxylic acids is 1. The lowest BCUT2D eigenvalue weighted by atomic mass is 9.97. The first-order valence-electron chi connectivity index (χ1n) is 9.50. The number of amides is 1. The summed E-state index contributed by atoms with van der Waals surface area (Å²) in [6.45, 7) is 1.15. The number of nitrogens with one attached hydrogen (secondary N) is 1. The number of rotatable bonds is 6. The lowest BCUT2D eigenvalue weighted by Gasteiger charge is -2.31. The number of hydrogen-bond acceptors (Lipinski definition) is 4. The van der Waals surface area contributed by atoms with Gasteiger partial charge in [0, 0.05) is 25.6 Å². The van der Waals surface area contributed by atoms with E-state index in [1.54, 1.807) is 0 Å². The van der Waals surface area contributed by atoms with Crippen molar-refractivity contribution in [2.24, 2.45) is 11.8 Å². The highest BCUT2D eigenvalue weighted by Gasteiger charge is 2.34. The second kappa shape index (κ2) is 8.39. The highest BCUT2D eigenvalue weighted by molar-refractivity contribution is 7.89. The van der Waals surface area contributed by atoms with Crippen LogP contribution in [0, 0.1) is 11.8 Å². The summed E-state index contributed by atoms with van der Waals surface area (Å²) < 4.78 is 27.0. The molecule has 3 rings (SSSR count). The van der Waals surface area contributed by atoms with Gasteiger partial charge in [-0.05, 0) is 43.7 Å². The quantitative estimate of drug-likeness (QED) is 0.769. The van der Waals surface area contributed by atoms with Gasteiger partial charge in [0.1, 0.15) is 0 Å². The minimum atomic E-state index is -3.89. The Bertz CT molecular complexity index is 794. The van der Waals surface area contributed by atoms with Gasteiger partial charge in [0.2, 0.25) is 15.9 Å². The number of sulfonamides is 1. The molecule has 7 nitrogen and oxygen atoms in total. The second-order valence-electron chi connectivity index (χ2n) is 7.38. The molecule has 2 aliphatic rings. The van der Waals surface area contributed by atoms with E-state index in [2.05, 4.69) is 5.32 Å². The van der Waals surface area contributed by atoms with Crippen LogP contribution in [0.4, 0.5) is 0 Å². The van der Waals surface area contributed by atoms with Gasteiger partial charge in [-0.3, -0.25) is 4.79 Å². The molecule has 1 amide bonds. The molecule has 1 heterocycles. The number of carboxylic acids is 1. The predicted molar refractivity (Wildman–Crippen MR) is 99.9 cm³/mol. The van der Waals surface area contributed by atoms with Gasteiger partial charge in [0.05, 0.1) is 10.5 Å². The fourth-order valence-electron chi connectivity index (χ4n) is 3.97. The molecule has 27 heavy (non-hydrogen) atoms. The van der Waals surface area contributed by atoms with Crippen molar-refractivity contribution in [3.05, 3.63) is 29.8 Å². The highest BCUT2D eigenvalue weighted by atomic mass is 32.2. The molecule has 1 aliphatic heterocycles. The molecule has 148 valence electrons. The minimum absolute atomic E-state index is 0.00452. The van der Waals surface area contributed by atoms with Crippen LogP contribution in [0.15, 0.2) is 29.2 Å². The van der Waals surface area contributed by atoms with E-state index in [0.717, 1.165) is 0 Å². The molecular formula is C19H26N2O5S. The Morgan fingerprint density at radius 2 is 1.70 bits per heavy atom. The first-order valence-corrected chi connectivity index (χ1v) is 10.9. The van der Waals surface area contributed by atoms with Crippen molar-refractivity contribution in [2.75, 3.05) is 19.6 Å². The summed E-state index contributed by atoms with van der Waals surface area (Å²) in [5.41, 5.74) is -0.228. The lowest BCUT2D eigenvalue weighted by molar-refractivity contribution is -0.126. The smallest absolute Gasteiger partial charge is 0.337 e. The molecule has 0 spiro atoms. The number of carbonyl (C=O) groups is 2. The van der Waals surface area contributed by atoms with Crippen LogP contribution in [-0.4, -0.2) is 49.3 Å². The molecule has 8 heteroatoms. The molecule has 1 saturated heterocycles. The van der Waals surface area contributed by atoms with Crippen molar-refractivity contribution in [3.8, 4) is 0 Å². The Morgan fingerprint density at radius 3 is 2.33 bits per heavy atom. The zero-order valence-electron chi connectivity index (χ0n) is 15.3. The highest BCUT2D eigenvalue weighted by Crippen LogP contribution is 2.27. The minimum Gasteiger partial charge on any atom is -0.478 e. The van der Waals surface area contributed by atoms with E-state index in [9.17, 15) is 23.1 Å². The normalized spacial score (nSPS) is 19.9. The number of hydrogen-bond donors (Lipinski definition) is 2. The number of piperidine rings is 1. The van der Waals surface area contributed by atoms with Crippen molar-refractivity contribution in [1.29, 1.82) is 0 Å². The van der Waals surface area contributed by atoms with Gasteiger partial charge >= 0.3 is 5.97 Å².